The molecule has 0 aliphatic heterocycles. The van der Waals surface area contributed by atoms with Crippen molar-refractivity contribution in [2.24, 2.45) is 0 Å². The number of nitrogen functional groups attached to an aromatic ring is 1. The van der Waals surface area contributed by atoms with Gasteiger partial charge in [0.2, 0.25) is 0 Å². The predicted molar refractivity (Wildman–Crippen MR) is 82.8 cm³/mol. The fraction of sp³-hybridized carbons (Fsp3) is 0.133. The number of rotatable bonds is 5. The molecule has 3 N–H and O–H groups in total. The molecule has 21 heavy (non-hydrogen) atoms. The summed E-state index contributed by atoms with van der Waals surface area (Å²) in [5.74, 6) is -0.130. The van der Waals surface area contributed by atoms with Crippen LogP contribution in [0.4, 0.5) is 5.69 Å². The lowest BCUT2D eigenvalue weighted by Gasteiger charge is -2.12. The summed E-state index contributed by atoms with van der Waals surface area (Å²) in [5, 5.41) is 9.14. The third-order valence-corrected chi connectivity index (χ3v) is 3.65. The van der Waals surface area contributed by atoms with Gasteiger partial charge in [0.05, 0.1) is 7.11 Å². The summed E-state index contributed by atoms with van der Waals surface area (Å²) in [4.78, 5) is 11.2. The average molecular weight is 352 g/mol. The Bertz CT molecular complexity index is 673. The maximum absolute atomic E-state index is 11.2. The zero-order valence-corrected chi connectivity index (χ0v) is 12.9. The first-order valence-electron chi connectivity index (χ1n) is 6.09. The van der Waals surface area contributed by atoms with E-state index in [0.717, 1.165) is 10.0 Å². The van der Waals surface area contributed by atoms with E-state index in [9.17, 15) is 4.79 Å². The van der Waals surface area contributed by atoms with Gasteiger partial charge in [-0.25, -0.2) is 4.79 Å². The summed E-state index contributed by atoms with van der Waals surface area (Å²) < 4.78 is 11.6. The van der Waals surface area contributed by atoms with E-state index < -0.39 is 5.97 Å². The molecule has 0 amide bonds. The highest BCUT2D eigenvalue weighted by Gasteiger charge is 2.12. The lowest BCUT2D eigenvalue weighted by molar-refractivity contribution is 0.0692. The van der Waals surface area contributed by atoms with Crippen molar-refractivity contribution >= 4 is 27.6 Å². The Labute approximate surface area is 130 Å². The van der Waals surface area contributed by atoms with Gasteiger partial charge in [-0.2, -0.15) is 0 Å². The van der Waals surface area contributed by atoms with Gasteiger partial charge in [0, 0.05) is 21.8 Å². The molecule has 0 atom stereocenters. The molecule has 0 radical (unpaired) electrons. The van der Waals surface area contributed by atoms with Crippen molar-refractivity contribution in [1.29, 1.82) is 0 Å². The number of nitrogens with two attached hydrogens (primary N) is 1. The molecular formula is C15H14BrNO4. The predicted octanol–water partition coefficient (Wildman–Crippen LogP) is 3.32. The minimum absolute atomic E-state index is 0.0724. The van der Waals surface area contributed by atoms with Gasteiger partial charge in [-0.3, -0.25) is 0 Å². The molecule has 6 heteroatoms. The van der Waals surface area contributed by atoms with Crippen LogP contribution >= 0.6 is 15.9 Å². The van der Waals surface area contributed by atoms with Gasteiger partial charge < -0.3 is 20.3 Å². The van der Waals surface area contributed by atoms with Gasteiger partial charge >= 0.3 is 5.97 Å². The molecule has 0 aliphatic rings. The van der Waals surface area contributed by atoms with E-state index in [1.54, 1.807) is 7.11 Å². The number of carboxylic acid groups (broad SMARTS) is 1. The van der Waals surface area contributed by atoms with Crippen molar-refractivity contribution in [2.75, 3.05) is 12.8 Å². The summed E-state index contributed by atoms with van der Waals surface area (Å²) in [6, 6.07) is 9.92. The Morgan fingerprint density at radius 3 is 2.71 bits per heavy atom. The van der Waals surface area contributed by atoms with Crippen LogP contribution in [0.15, 0.2) is 40.9 Å². The maximum Gasteiger partial charge on any atom is 0.339 e. The molecule has 2 aromatic rings. The number of aromatic carboxylic acids is 1. The van der Waals surface area contributed by atoms with Crippen LogP contribution in [0, 0.1) is 0 Å². The van der Waals surface area contributed by atoms with Crippen molar-refractivity contribution in [3.05, 3.63) is 52.0 Å². The molecule has 0 fully saturated rings. The van der Waals surface area contributed by atoms with Crippen LogP contribution in [0.3, 0.4) is 0 Å². The quantitative estimate of drug-likeness (QED) is 0.807. The van der Waals surface area contributed by atoms with Crippen LogP contribution < -0.4 is 15.2 Å². The molecule has 0 aromatic heterocycles. The average Bonchev–Trinajstić information content (AvgIpc) is 2.46. The number of ether oxygens (including phenoxy) is 2. The first-order chi connectivity index (χ1) is 10.0. The molecule has 2 rings (SSSR count). The molecule has 2 aromatic carbocycles. The first kappa shape index (κ1) is 15.2. The first-order valence-corrected chi connectivity index (χ1v) is 6.88. The minimum atomic E-state index is -1.06. The lowest BCUT2D eigenvalue weighted by Crippen LogP contribution is -2.04. The molecule has 0 unspecified atom stereocenters. The van der Waals surface area contributed by atoms with E-state index in [-0.39, 0.29) is 17.9 Å². The second-order valence-corrected chi connectivity index (χ2v) is 5.16. The maximum atomic E-state index is 11.2. The summed E-state index contributed by atoms with van der Waals surface area (Å²) >= 11 is 3.42. The highest BCUT2D eigenvalue weighted by molar-refractivity contribution is 9.10. The fourth-order valence-electron chi connectivity index (χ4n) is 1.78. The van der Waals surface area contributed by atoms with Crippen molar-refractivity contribution in [2.45, 2.75) is 6.61 Å². The summed E-state index contributed by atoms with van der Waals surface area (Å²) in [6.07, 6.45) is 0. The summed E-state index contributed by atoms with van der Waals surface area (Å²) in [6.45, 7) is 0.196. The highest BCUT2D eigenvalue weighted by atomic mass is 79.9. The van der Waals surface area contributed by atoms with Gasteiger partial charge in [-0.15, -0.1) is 0 Å². The smallest absolute Gasteiger partial charge is 0.339 e. The van der Waals surface area contributed by atoms with E-state index in [1.165, 1.54) is 18.2 Å². The molecular weight excluding hydrogens is 338 g/mol. The standard InChI is InChI=1S/C15H14BrNO4/c1-20-11-3-5-13(16)9(6-11)8-21-14-7-10(17)2-4-12(14)15(18)19/h2-7H,8,17H2,1H3,(H,18,19). The van der Waals surface area contributed by atoms with Crippen molar-refractivity contribution in [3.63, 3.8) is 0 Å². The van der Waals surface area contributed by atoms with Gasteiger partial charge in [-0.1, -0.05) is 15.9 Å². The largest absolute Gasteiger partial charge is 0.497 e. The Morgan fingerprint density at radius 2 is 2.05 bits per heavy atom. The van der Waals surface area contributed by atoms with Crippen LogP contribution in [0.5, 0.6) is 11.5 Å². The number of hydrogen-bond acceptors (Lipinski definition) is 4. The zero-order chi connectivity index (χ0) is 15.4. The molecule has 0 bridgehead atoms. The van der Waals surface area contributed by atoms with E-state index in [2.05, 4.69) is 15.9 Å². The number of anilines is 1. The molecule has 0 saturated heterocycles. The topological polar surface area (TPSA) is 81.8 Å². The van der Waals surface area contributed by atoms with E-state index in [1.807, 2.05) is 18.2 Å². The summed E-state index contributed by atoms with van der Waals surface area (Å²) in [5.41, 5.74) is 7.03. The van der Waals surface area contributed by atoms with Crippen molar-refractivity contribution in [1.82, 2.24) is 0 Å². The van der Waals surface area contributed by atoms with Crippen LogP contribution in [0.25, 0.3) is 0 Å². The minimum Gasteiger partial charge on any atom is -0.497 e. The van der Waals surface area contributed by atoms with Gasteiger partial charge in [0.25, 0.3) is 0 Å². The van der Waals surface area contributed by atoms with Gasteiger partial charge in [0.1, 0.15) is 23.7 Å². The Morgan fingerprint density at radius 1 is 1.29 bits per heavy atom. The number of carbonyl (C=O) groups is 1. The summed E-state index contributed by atoms with van der Waals surface area (Å²) in [7, 11) is 1.58. The monoisotopic (exact) mass is 351 g/mol. The lowest BCUT2D eigenvalue weighted by atomic mass is 10.2. The van der Waals surface area contributed by atoms with Crippen LogP contribution in [-0.2, 0) is 6.61 Å². The Balaban J connectivity index is 2.24. The number of carboxylic acids is 1. The highest BCUT2D eigenvalue weighted by Crippen LogP contribution is 2.26. The van der Waals surface area contributed by atoms with E-state index in [0.29, 0.717) is 11.4 Å². The Hall–Kier alpha value is -2.21. The molecule has 5 nitrogen and oxygen atoms in total. The van der Waals surface area contributed by atoms with Crippen LogP contribution in [0.1, 0.15) is 15.9 Å². The molecule has 0 heterocycles. The van der Waals surface area contributed by atoms with Gasteiger partial charge in [-0.05, 0) is 30.3 Å². The number of benzene rings is 2. The second kappa shape index (κ2) is 6.49. The normalized spacial score (nSPS) is 10.2. The van der Waals surface area contributed by atoms with Crippen LogP contribution in [0.2, 0.25) is 0 Å². The third kappa shape index (κ3) is 3.66. The molecule has 110 valence electrons. The third-order valence-electron chi connectivity index (χ3n) is 2.87. The number of halogens is 1. The second-order valence-electron chi connectivity index (χ2n) is 4.31. The molecule has 0 spiro atoms. The zero-order valence-electron chi connectivity index (χ0n) is 11.3. The fourth-order valence-corrected chi connectivity index (χ4v) is 2.14. The van der Waals surface area contributed by atoms with E-state index >= 15 is 0 Å². The number of hydrogen-bond donors (Lipinski definition) is 2. The molecule has 0 aliphatic carbocycles. The van der Waals surface area contributed by atoms with Crippen molar-refractivity contribution in [3.8, 4) is 11.5 Å². The van der Waals surface area contributed by atoms with Crippen LogP contribution in [-0.4, -0.2) is 18.2 Å². The van der Waals surface area contributed by atoms with Gasteiger partial charge in [0.15, 0.2) is 0 Å². The SMILES string of the molecule is COc1ccc(Br)c(COc2cc(N)ccc2C(=O)O)c1. The number of methoxy groups -OCH3 is 1. The van der Waals surface area contributed by atoms with E-state index in [4.69, 9.17) is 20.3 Å². The Kier molecular flexibility index (Phi) is 4.70. The molecule has 0 saturated carbocycles. The van der Waals surface area contributed by atoms with Crippen molar-refractivity contribution < 1.29 is 19.4 Å².